The molecule has 1 aromatic rings. The molecule has 1 aromatic carbocycles. The highest BCUT2D eigenvalue weighted by molar-refractivity contribution is 9.09. The van der Waals surface area contributed by atoms with Gasteiger partial charge in [-0.05, 0) is 12.3 Å². The quantitative estimate of drug-likeness (QED) is 0.344. The number of benzene rings is 1. The minimum Gasteiger partial charge on any atom is -0.338 e. The zero-order chi connectivity index (χ0) is 15.0. The van der Waals surface area contributed by atoms with Crippen LogP contribution in [0, 0.1) is 35.0 Å². The van der Waals surface area contributed by atoms with Gasteiger partial charge in [-0.1, -0.05) is 15.9 Å². The summed E-state index contributed by atoms with van der Waals surface area (Å²) in [5.74, 6) is -11.7. The van der Waals surface area contributed by atoms with Crippen molar-refractivity contribution >= 4 is 21.8 Å². The number of likely N-dealkylation sites (tertiary alicyclic amines) is 1. The van der Waals surface area contributed by atoms with E-state index in [1.165, 1.54) is 0 Å². The highest BCUT2D eigenvalue weighted by Crippen LogP contribution is 2.26. The molecule has 0 radical (unpaired) electrons. The van der Waals surface area contributed by atoms with E-state index in [2.05, 4.69) is 15.9 Å². The summed E-state index contributed by atoms with van der Waals surface area (Å²) in [6, 6.07) is 0. The van der Waals surface area contributed by atoms with E-state index in [1.54, 1.807) is 0 Å². The first kappa shape index (κ1) is 15.2. The van der Waals surface area contributed by atoms with Crippen molar-refractivity contribution in [2.24, 2.45) is 5.92 Å². The van der Waals surface area contributed by atoms with Crippen molar-refractivity contribution in [3.63, 3.8) is 0 Å². The molecule has 1 fully saturated rings. The first-order chi connectivity index (χ1) is 9.38. The zero-order valence-electron chi connectivity index (χ0n) is 10.0. The van der Waals surface area contributed by atoms with Gasteiger partial charge in [-0.15, -0.1) is 0 Å². The van der Waals surface area contributed by atoms with Gasteiger partial charge in [-0.3, -0.25) is 4.79 Å². The molecular weight excluding hydrogens is 349 g/mol. The Balaban J connectivity index is 2.41. The lowest BCUT2D eigenvalue weighted by molar-refractivity contribution is 0.0775. The maximum Gasteiger partial charge on any atom is 0.260 e. The Kier molecular flexibility index (Phi) is 4.31. The van der Waals surface area contributed by atoms with Crippen LogP contribution in [0.1, 0.15) is 16.8 Å². The molecule has 1 aliphatic heterocycles. The van der Waals surface area contributed by atoms with Gasteiger partial charge in [0, 0.05) is 18.4 Å². The third-order valence-electron chi connectivity index (χ3n) is 3.21. The molecule has 0 spiro atoms. The summed E-state index contributed by atoms with van der Waals surface area (Å²) in [6.07, 6.45) is 0.604. The summed E-state index contributed by atoms with van der Waals surface area (Å²) in [6.45, 7) is 0.429. The fourth-order valence-corrected chi connectivity index (χ4v) is 2.62. The van der Waals surface area contributed by atoms with Gasteiger partial charge in [0.1, 0.15) is 5.56 Å². The lowest BCUT2D eigenvalue weighted by Crippen LogP contribution is -2.31. The maximum absolute atomic E-state index is 13.5. The Hall–Kier alpha value is -1.18. The predicted octanol–water partition coefficient (Wildman–Crippen LogP) is 3.24. The lowest BCUT2D eigenvalue weighted by atomic mass is 10.1. The largest absolute Gasteiger partial charge is 0.338 e. The molecule has 1 heterocycles. The van der Waals surface area contributed by atoms with Crippen LogP contribution in [-0.4, -0.2) is 29.2 Å². The summed E-state index contributed by atoms with van der Waals surface area (Å²) in [4.78, 5) is 13.0. The van der Waals surface area contributed by atoms with Crippen molar-refractivity contribution in [3.8, 4) is 0 Å². The summed E-state index contributed by atoms with van der Waals surface area (Å²) in [7, 11) is 0. The second kappa shape index (κ2) is 5.67. The van der Waals surface area contributed by atoms with Gasteiger partial charge in [-0.2, -0.15) is 0 Å². The molecule has 0 aliphatic carbocycles. The Labute approximate surface area is 119 Å². The highest BCUT2D eigenvalue weighted by atomic mass is 79.9. The Morgan fingerprint density at radius 1 is 1.05 bits per heavy atom. The van der Waals surface area contributed by atoms with Gasteiger partial charge < -0.3 is 4.90 Å². The van der Waals surface area contributed by atoms with Gasteiger partial charge in [0.05, 0.1) is 0 Å². The van der Waals surface area contributed by atoms with Crippen molar-refractivity contribution in [1.82, 2.24) is 4.90 Å². The average Bonchev–Trinajstić information content (AvgIpc) is 2.92. The monoisotopic (exact) mass is 357 g/mol. The van der Waals surface area contributed by atoms with Gasteiger partial charge in [-0.25, -0.2) is 22.0 Å². The smallest absolute Gasteiger partial charge is 0.260 e. The van der Waals surface area contributed by atoms with Crippen LogP contribution in [0.25, 0.3) is 0 Å². The van der Waals surface area contributed by atoms with Crippen molar-refractivity contribution in [2.75, 3.05) is 18.4 Å². The minimum atomic E-state index is -2.27. The van der Waals surface area contributed by atoms with E-state index in [0.29, 0.717) is 11.8 Å². The Morgan fingerprint density at radius 3 is 2.00 bits per heavy atom. The zero-order valence-corrected chi connectivity index (χ0v) is 11.6. The second-order valence-corrected chi connectivity index (χ2v) is 5.15. The van der Waals surface area contributed by atoms with Crippen molar-refractivity contribution < 1.29 is 26.7 Å². The topological polar surface area (TPSA) is 20.3 Å². The van der Waals surface area contributed by atoms with Gasteiger partial charge in [0.2, 0.25) is 5.82 Å². The van der Waals surface area contributed by atoms with E-state index in [1.807, 2.05) is 0 Å². The number of nitrogens with zero attached hydrogens (tertiary/aromatic N) is 1. The Bertz CT molecular complexity index is 536. The van der Waals surface area contributed by atoms with Crippen LogP contribution < -0.4 is 0 Å². The molecule has 8 heteroatoms. The molecule has 1 aliphatic rings. The van der Waals surface area contributed by atoms with E-state index in [9.17, 15) is 26.7 Å². The number of halogens is 6. The van der Waals surface area contributed by atoms with Gasteiger partial charge in [0.15, 0.2) is 23.3 Å². The molecule has 1 unspecified atom stereocenters. The first-order valence-electron chi connectivity index (χ1n) is 5.75. The van der Waals surface area contributed by atoms with E-state index < -0.39 is 40.6 Å². The van der Waals surface area contributed by atoms with E-state index in [0.717, 1.165) is 4.90 Å². The third kappa shape index (κ3) is 2.41. The molecule has 2 rings (SSSR count). The standard InChI is InChI=1S/C12H9BrF5NO/c13-3-5-1-2-19(4-5)12(20)6-7(14)9(16)11(18)10(17)8(6)15/h5H,1-4H2. The van der Waals surface area contributed by atoms with Gasteiger partial charge >= 0.3 is 0 Å². The van der Waals surface area contributed by atoms with E-state index in [4.69, 9.17) is 0 Å². The molecule has 1 atom stereocenters. The third-order valence-corrected chi connectivity index (χ3v) is 4.13. The van der Waals surface area contributed by atoms with E-state index in [-0.39, 0.29) is 19.0 Å². The molecule has 1 amide bonds. The fourth-order valence-electron chi connectivity index (χ4n) is 2.09. The normalized spacial score (nSPS) is 18.7. The van der Waals surface area contributed by atoms with Crippen molar-refractivity contribution in [1.29, 1.82) is 0 Å². The van der Waals surface area contributed by atoms with Crippen LogP contribution in [0.4, 0.5) is 22.0 Å². The summed E-state index contributed by atoms with van der Waals surface area (Å²) in [5, 5.41) is 0.591. The number of rotatable bonds is 2. The molecule has 20 heavy (non-hydrogen) atoms. The van der Waals surface area contributed by atoms with Crippen molar-refractivity contribution in [2.45, 2.75) is 6.42 Å². The second-order valence-electron chi connectivity index (χ2n) is 4.51. The predicted molar refractivity (Wildman–Crippen MR) is 64.0 cm³/mol. The highest BCUT2D eigenvalue weighted by Gasteiger charge is 2.34. The van der Waals surface area contributed by atoms with Gasteiger partial charge in [0.25, 0.3) is 5.91 Å². The number of hydrogen-bond donors (Lipinski definition) is 0. The van der Waals surface area contributed by atoms with Crippen LogP contribution in [0.15, 0.2) is 0 Å². The maximum atomic E-state index is 13.5. The van der Waals surface area contributed by atoms with Crippen LogP contribution in [0.3, 0.4) is 0 Å². The van der Waals surface area contributed by atoms with E-state index >= 15 is 0 Å². The number of hydrogen-bond acceptors (Lipinski definition) is 1. The molecule has 110 valence electrons. The lowest BCUT2D eigenvalue weighted by Gasteiger charge is -2.17. The van der Waals surface area contributed by atoms with Crippen LogP contribution in [0.2, 0.25) is 0 Å². The number of carbonyl (C=O) groups is 1. The number of alkyl halides is 1. The average molecular weight is 358 g/mol. The molecule has 1 saturated heterocycles. The Morgan fingerprint density at radius 2 is 1.55 bits per heavy atom. The molecule has 0 saturated carbocycles. The fraction of sp³-hybridized carbons (Fsp3) is 0.417. The SMILES string of the molecule is O=C(c1c(F)c(F)c(F)c(F)c1F)N1CCC(CBr)C1. The number of amides is 1. The van der Waals surface area contributed by atoms with Crippen LogP contribution in [0.5, 0.6) is 0 Å². The summed E-state index contributed by atoms with van der Waals surface area (Å²) < 4.78 is 66.0. The summed E-state index contributed by atoms with van der Waals surface area (Å²) in [5.41, 5.74) is -1.39. The van der Waals surface area contributed by atoms with Crippen molar-refractivity contribution in [3.05, 3.63) is 34.6 Å². The molecular formula is C12H9BrF5NO. The van der Waals surface area contributed by atoms with Crippen LogP contribution in [-0.2, 0) is 0 Å². The summed E-state index contributed by atoms with van der Waals surface area (Å²) >= 11 is 3.22. The van der Waals surface area contributed by atoms with Crippen LogP contribution >= 0.6 is 15.9 Å². The molecule has 0 aromatic heterocycles. The minimum absolute atomic E-state index is 0.0974. The first-order valence-corrected chi connectivity index (χ1v) is 6.87. The number of carbonyl (C=O) groups excluding carboxylic acids is 1. The molecule has 0 bridgehead atoms. The molecule has 0 N–H and O–H groups in total. The molecule has 2 nitrogen and oxygen atoms in total.